The van der Waals surface area contributed by atoms with Crippen LogP contribution < -0.4 is 10.6 Å². The minimum atomic E-state index is 0.0382. The molecule has 3 fully saturated rings. The Morgan fingerprint density at radius 3 is 2.55 bits per heavy atom. The predicted octanol–water partition coefficient (Wildman–Crippen LogP) is 1.28. The van der Waals surface area contributed by atoms with Gasteiger partial charge in [0.15, 0.2) is 0 Å². The summed E-state index contributed by atoms with van der Waals surface area (Å²) in [4.78, 5) is 25.7. The summed E-state index contributed by atoms with van der Waals surface area (Å²) in [6.45, 7) is 4.00. The topological polar surface area (TPSA) is 61.4 Å². The van der Waals surface area contributed by atoms with E-state index in [1.807, 2.05) is 4.90 Å². The summed E-state index contributed by atoms with van der Waals surface area (Å²) in [6, 6.07) is 0.639. The molecule has 1 saturated carbocycles. The highest BCUT2D eigenvalue weighted by Gasteiger charge is 2.40. The zero-order valence-electron chi connectivity index (χ0n) is 13.6. The van der Waals surface area contributed by atoms with Gasteiger partial charge in [0.2, 0.25) is 11.8 Å². The molecule has 2 heterocycles. The molecule has 2 saturated heterocycles. The van der Waals surface area contributed by atoms with Gasteiger partial charge in [-0.3, -0.25) is 9.59 Å². The van der Waals surface area contributed by atoms with Gasteiger partial charge >= 0.3 is 0 Å². The Morgan fingerprint density at radius 1 is 1.14 bits per heavy atom. The van der Waals surface area contributed by atoms with E-state index in [2.05, 4.69) is 10.6 Å². The molecule has 0 bridgehead atoms. The molecule has 0 radical (unpaired) electrons. The van der Waals surface area contributed by atoms with Gasteiger partial charge in [0.25, 0.3) is 0 Å². The van der Waals surface area contributed by atoms with E-state index in [4.69, 9.17) is 0 Å². The van der Waals surface area contributed by atoms with Crippen molar-refractivity contribution in [2.24, 2.45) is 11.8 Å². The average molecular weight is 307 g/mol. The second-order valence-electron chi connectivity index (χ2n) is 7.31. The number of hydrogen-bond acceptors (Lipinski definition) is 3. The fraction of sp³-hybridized carbons (Fsp3) is 0.882. The number of carbonyl (C=O) groups excluding carboxylic acids is 2. The van der Waals surface area contributed by atoms with Gasteiger partial charge in [-0.05, 0) is 43.9 Å². The summed E-state index contributed by atoms with van der Waals surface area (Å²) in [5.74, 6) is 1.59. The first kappa shape index (κ1) is 15.8. The Labute approximate surface area is 133 Å². The van der Waals surface area contributed by atoms with E-state index in [-0.39, 0.29) is 11.9 Å². The van der Waals surface area contributed by atoms with E-state index in [0.717, 1.165) is 44.8 Å². The smallest absolute Gasteiger partial charge is 0.239 e. The molecule has 1 aliphatic carbocycles. The van der Waals surface area contributed by atoms with Crippen LogP contribution in [0.25, 0.3) is 0 Å². The van der Waals surface area contributed by atoms with E-state index in [0.29, 0.717) is 17.9 Å². The monoisotopic (exact) mass is 307 g/mol. The number of nitrogens with one attached hydrogen (secondary N) is 2. The van der Waals surface area contributed by atoms with Gasteiger partial charge < -0.3 is 15.5 Å². The molecule has 3 atom stereocenters. The van der Waals surface area contributed by atoms with Crippen molar-refractivity contribution in [1.82, 2.24) is 15.5 Å². The van der Waals surface area contributed by atoms with Crippen molar-refractivity contribution in [2.75, 3.05) is 19.6 Å². The SMILES string of the molecule is CC(=O)NCC1CCN(C(=O)C2CC3CCCCC3N2)CC1. The molecule has 0 aromatic heterocycles. The summed E-state index contributed by atoms with van der Waals surface area (Å²) >= 11 is 0. The lowest BCUT2D eigenvalue weighted by molar-refractivity contribution is -0.134. The van der Waals surface area contributed by atoms with Gasteiger partial charge in [-0.25, -0.2) is 0 Å². The standard InChI is InChI=1S/C17H29N3O2/c1-12(21)18-11-13-6-8-20(9-7-13)17(22)16-10-14-4-2-3-5-15(14)19-16/h13-16,19H,2-11H2,1H3,(H,18,21). The number of hydrogen-bond donors (Lipinski definition) is 2. The third-order valence-electron chi connectivity index (χ3n) is 5.73. The van der Waals surface area contributed by atoms with Crippen molar-refractivity contribution < 1.29 is 9.59 Å². The molecule has 2 amide bonds. The second kappa shape index (κ2) is 6.99. The van der Waals surface area contributed by atoms with E-state index >= 15 is 0 Å². The van der Waals surface area contributed by atoms with Crippen LogP contribution in [0.3, 0.4) is 0 Å². The van der Waals surface area contributed by atoms with Gasteiger partial charge in [-0.2, -0.15) is 0 Å². The first-order valence-electron chi connectivity index (χ1n) is 8.92. The van der Waals surface area contributed by atoms with E-state index in [1.54, 1.807) is 6.92 Å². The molecule has 2 aliphatic heterocycles. The first-order valence-corrected chi connectivity index (χ1v) is 8.92. The van der Waals surface area contributed by atoms with Crippen molar-refractivity contribution in [1.29, 1.82) is 0 Å². The third kappa shape index (κ3) is 3.62. The third-order valence-corrected chi connectivity index (χ3v) is 5.73. The highest BCUT2D eigenvalue weighted by atomic mass is 16.2. The number of likely N-dealkylation sites (tertiary alicyclic amines) is 1. The highest BCUT2D eigenvalue weighted by Crippen LogP contribution is 2.34. The zero-order valence-corrected chi connectivity index (χ0v) is 13.6. The van der Waals surface area contributed by atoms with Gasteiger partial charge in [0, 0.05) is 32.6 Å². The highest BCUT2D eigenvalue weighted by molar-refractivity contribution is 5.82. The number of carbonyl (C=O) groups is 2. The molecular formula is C17H29N3O2. The lowest BCUT2D eigenvalue weighted by Crippen LogP contribution is -2.49. The molecule has 0 aromatic carbocycles. The van der Waals surface area contributed by atoms with Gasteiger partial charge in [0.1, 0.15) is 0 Å². The average Bonchev–Trinajstić information content (AvgIpc) is 2.96. The molecule has 5 heteroatoms. The molecule has 2 N–H and O–H groups in total. The predicted molar refractivity (Wildman–Crippen MR) is 85.3 cm³/mol. The van der Waals surface area contributed by atoms with Crippen LogP contribution in [-0.2, 0) is 9.59 Å². The summed E-state index contributed by atoms with van der Waals surface area (Å²) in [6.07, 6.45) is 8.22. The lowest BCUT2D eigenvalue weighted by atomic mass is 9.85. The molecule has 3 unspecified atom stereocenters. The molecule has 3 aliphatic rings. The van der Waals surface area contributed by atoms with Crippen molar-refractivity contribution in [2.45, 2.75) is 64.0 Å². The number of nitrogens with zero attached hydrogens (tertiary/aromatic N) is 1. The van der Waals surface area contributed by atoms with Crippen LogP contribution in [0.5, 0.6) is 0 Å². The van der Waals surface area contributed by atoms with Crippen molar-refractivity contribution >= 4 is 11.8 Å². The molecule has 22 heavy (non-hydrogen) atoms. The van der Waals surface area contributed by atoms with Crippen LogP contribution in [-0.4, -0.2) is 48.4 Å². The number of fused-ring (bicyclic) bond motifs is 1. The number of rotatable bonds is 3. The van der Waals surface area contributed by atoms with Crippen molar-refractivity contribution in [3.63, 3.8) is 0 Å². The minimum absolute atomic E-state index is 0.0382. The number of piperidine rings is 1. The maximum absolute atomic E-state index is 12.7. The van der Waals surface area contributed by atoms with Crippen LogP contribution in [0.4, 0.5) is 0 Å². The Morgan fingerprint density at radius 2 is 1.86 bits per heavy atom. The van der Waals surface area contributed by atoms with Crippen LogP contribution >= 0.6 is 0 Å². The summed E-state index contributed by atoms with van der Waals surface area (Å²) < 4.78 is 0. The van der Waals surface area contributed by atoms with E-state index < -0.39 is 0 Å². The largest absolute Gasteiger partial charge is 0.356 e. The van der Waals surface area contributed by atoms with E-state index in [9.17, 15) is 9.59 Å². The van der Waals surface area contributed by atoms with Gasteiger partial charge in [-0.15, -0.1) is 0 Å². The van der Waals surface area contributed by atoms with Crippen LogP contribution in [0.15, 0.2) is 0 Å². The summed E-state index contributed by atoms with van der Waals surface area (Å²) in [5.41, 5.74) is 0. The molecule has 0 spiro atoms. The Balaban J connectivity index is 1.45. The van der Waals surface area contributed by atoms with Crippen LogP contribution in [0.1, 0.15) is 51.9 Å². The molecular weight excluding hydrogens is 278 g/mol. The fourth-order valence-corrected chi connectivity index (χ4v) is 4.38. The molecule has 3 rings (SSSR count). The van der Waals surface area contributed by atoms with Crippen molar-refractivity contribution in [3.8, 4) is 0 Å². The first-order chi connectivity index (χ1) is 10.6. The summed E-state index contributed by atoms with van der Waals surface area (Å²) in [7, 11) is 0. The molecule has 124 valence electrons. The Kier molecular flexibility index (Phi) is 5.01. The van der Waals surface area contributed by atoms with Gasteiger partial charge in [-0.1, -0.05) is 12.8 Å². The summed E-state index contributed by atoms with van der Waals surface area (Å²) in [5, 5.41) is 6.49. The minimum Gasteiger partial charge on any atom is -0.356 e. The quantitative estimate of drug-likeness (QED) is 0.826. The van der Waals surface area contributed by atoms with Crippen LogP contribution in [0.2, 0.25) is 0 Å². The van der Waals surface area contributed by atoms with E-state index in [1.165, 1.54) is 25.7 Å². The normalized spacial score (nSPS) is 32.6. The maximum Gasteiger partial charge on any atom is 0.239 e. The Hall–Kier alpha value is -1.10. The zero-order chi connectivity index (χ0) is 15.5. The molecule has 5 nitrogen and oxygen atoms in total. The Bertz CT molecular complexity index is 404. The van der Waals surface area contributed by atoms with Crippen LogP contribution in [0, 0.1) is 11.8 Å². The maximum atomic E-state index is 12.7. The molecule has 0 aromatic rings. The second-order valence-corrected chi connectivity index (χ2v) is 7.31. The number of amides is 2. The van der Waals surface area contributed by atoms with Gasteiger partial charge in [0.05, 0.1) is 6.04 Å². The van der Waals surface area contributed by atoms with Crippen molar-refractivity contribution in [3.05, 3.63) is 0 Å². The fourth-order valence-electron chi connectivity index (χ4n) is 4.38. The lowest BCUT2D eigenvalue weighted by Gasteiger charge is -2.33.